The Balaban J connectivity index is 1.99. The number of aromatic nitrogens is 1. The summed E-state index contributed by atoms with van der Waals surface area (Å²) in [5.74, 6) is -0.154. The quantitative estimate of drug-likeness (QED) is 0.546. The molecule has 3 aromatic rings. The highest BCUT2D eigenvalue weighted by molar-refractivity contribution is 6.07. The summed E-state index contributed by atoms with van der Waals surface area (Å²) in [5, 5.41) is 1.08. The molecule has 3 heteroatoms. The molecule has 0 aliphatic carbocycles. The minimum absolute atomic E-state index is 0.0628. The molecule has 1 aromatic heterocycles. The Hall–Kier alpha value is -2.81. The molecule has 22 heavy (non-hydrogen) atoms. The molecule has 0 fully saturated rings. The summed E-state index contributed by atoms with van der Waals surface area (Å²) < 4.78 is 1.91. The van der Waals surface area contributed by atoms with Gasteiger partial charge in [0.1, 0.15) is 0 Å². The molecule has 0 radical (unpaired) electrons. The van der Waals surface area contributed by atoms with Crippen LogP contribution in [0.3, 0.4) is 0 Å². The van der Waals surface area contributed by atoms with Crippen LogP contribution < -0.4 is 4.57 Å². The number of pyridine rings is 1. The van der Waals surface area contributed by atoms with Crippen molar-refractivity contribution in [3.05, 3.63) is 78.0 Å². The topological polar surface area (TPSA) is 38.0 Å². The molecule has 0 aliphatic heterocycles. The Morgan fingerprint density at radius 3 is 2.27 bits per heavy atom. The van der Waals surface area contributed by atoms with Crippen LogP contribution in [0.4, 0.5) is 0 Å². The summed E-state index contributed by atoms with van der Waals surface area (Å²) in [7, 11) is 0. The standard InChI is InChI=1S/C19H16NO2/c1-14(21)16-9-3-4-10-17(16)19(22)13-20-12-6-8-15-7-2-5-11-18(15)20/h2-12H,13H2,1H3/q+1. The molecule has 0 bridgehead atoms. The predicted octanol–water partition coefficient (Wildman–Crippen LogP) is 3.21. The summed E-state index contributed by atoms with van der Waals surface area (Å²) in [6.07, 6.45) is 1.89. The van der Waals surface area contributed by atoms with E-state index in [-0.39, 0.29) is 18.1 Å². The van der Waals surface area contributed by atoms with Crippen LogP contribution in [0.5, 0.6) is 0 Å². The summed E-state index contributed by atoms with van der Waals surface area (Å²) >= 11 is 0. The van der Waals surface area contributed by atoms with Crippen LogP contribution in [-0.4, -0.2) is 11.6 Å². The lowest BCUT2D eigenvalue weighted by molar-refractivity contribution is -0.657. The van der Waals surface area contributed by atoms with E-state index < -0.39 is 0 Å². The van der Waals surface area contributed by atoms with E-state index in [1.54, 1.807) is 24.3 Å². The first-order valence-corrected chi connectivity index (χ1v) is 7.17. The fraction of sp³-hybridized carbons (Fsp3) is 0.105. The van der Waals surface area contributed by atoms with Crippen LogP contribution in [0.15, 0.2) is 66.9 Å². The highest BCUT2D eigenvalue weighted by Crippen LogP contribution is 2.12. The number of hydrogen-bond donors (Lipinski definition) is 0. The minimum Gasteiger partial charge on any atom is -0.294 e. The molecule has 0 N–H and O–H groups in total. The largest absolute Gasteiger partial charge is 0.294 e. The molecule has 0 spiro atoms. The molecule has 0 saturated heterocycles. The summed E-state index contributed by atoms with van der Waals surface area (Å²) in [6, 6.07) is 18.8. The lowest BCUT2D eigenvalue weighted by Crippen LogP contribution is -2.38. The SMILES string of the molecule is CC(=O)c1ccccc1C(=O)C[n+]1cccc2ccccc21. The third kappa shape index (κ3) is 2.66. The first kappa shape index (κ1) is 14.1. The number of benzene rings is 2. The number of rotatable bonds is 4. The monoisotopic (exact) mass is 290 g/mol. The van der Waals surface area contributed by atoms with Gasteiger partial charge in [0.25, 0.3) is 0 Å². The summed E-state index contributed by atoms with van der Waals surface area (Å²) in [6.45, 7) is 1.70. The highest BCUT2D eigenvalue weighted by Gasteiger charge is 2.19. The van der Waals surface area contributed by atoms with Gasteiger partial charge in [-0.3, -0.25) is 9.59 Å². The van der Waals surface area contributed by atoms with Crippen molar-refractivity contribution in [2.45, 2.75) is 13.5 Å². The lowest BCUT2D eigenvalue weighted by atomic mass is 10.0. The van der Waals surface area contributed by atoms with E-state index in [9.17, 15) is 9.59 Å². The van der Waals surface area contributed by atoms with Crippen molar-refractivity contribution in [1.29, 1.82) is 0 Å². The number of fused-ring (bicyclic) bond motifs is 1. The van der Waals surface area contributed by atoms with E-state index in [4.69, 9.17) is 0 Å². The average molecular weight is 290 g/mol. The van der Waals surface area contributed by atoms with Crippen molar-refractivity contribution in [3.8, 4) is 0 Å². The molecule has 0 unspecified atom stereocenters. The van der Waals surface area contributed by atoms with E-state index >= 15 is 0 Å². The van der Waals surface area contributed by atoms with E-state index in [0.717, 1.165) is 10.9 Å². The van der Waals surface area contributed by atoms with Crippen molar-refractivity contribution in [2.24, 2.45) is 0 Å². The number of nitrogens with zero attached hydrogens (tertiary/aromatic N) is 1. The van der Waals surface area contributed by atoms with Crippen LogP contribution in [0.25, 0.3) is 10.9 Å². The molecule has 108 valence electrons. The molecular weight excluding hydrogens is 274 g/mol. The zero-order chi connectivity index (χ0) is 15.5. The van der Waals surface area contributed by atoms with Gasteiger partial charge >= 0.3 is 0 Å². The third-order valence-electron chi connectivity index (χ3n) is 3.71. The van der Waals surface area contributed by atoms with E-state index in [1.165, 1.54) is 6.92 Å². The minimum atomic E-state index is -0.0909. The fourth-order valence-corrected chi connectivity index (χ4v) is 2.63. The zero-order valence-corrected chi connectivity index (χ0v) is 12.3. The van der Waals surface area contributed by atoms with Gasteiger partial charge in [0, 0.05) is 28.6 Å². The van der Waals surface area contributed by atoms with Crippen LogP contribution in [0.1, 0.15) is 27.6 Å². The Morgan fingerprint density at radius 2 is 1.50 bits per heavy atom. The van der Waals surface area contributed by atoms with E-state index in [1.807, 2.05) is 47.2 Å². The van der Waals surface area contributed by atoms with Crippen molar-refractivity contribution < 1.29 is 14.2 Å². The third-order valence-corrected chi connectivity index (χ3v) is 3.71. The van der Waals surface area contributed by atoms with Crippen LogP contribution in [0, 0.1) is 0 Å². The number of carbonyl (C=O) groups is 2. The molecule has 0 atom stereocenters. The number of ketones is 2. The first-order chi connectivity index (χ1) is 10.7. The van der Waals surface area contributed by atoms with Crippen molar-refractivity contribution in [1.82, 2.24) is 0 Å². The molecule has 0 amide bonds. The Labute approximate surface area is 128 Å². The number of carbonyl (C=O) groups excluding carboxylic acids is 2. The molecular formula is C19H16NO2+. The van der Waals surface area contributed by atoms with Gasteiger partial charge in [0.2, 0.25) is 17.8 Å². The Kier molecular flexibility index (Phi) is 3.79. The molecule has 2 aromatic carbocycles. The van der Waals surface area contributed by atoms with Crippen molar-refractivity contribution in [3.63, 3.8) is 0 Å². The van der Waals surface area contributed by atoms with Gasteiger partial charge in [-0.2, -0.15) is 4.57 Å². The van der Waals surface area contributed by atoms with Gasteiger partial charge in [-0.15, -0.1) is 0 Å². The maximum absolute atomic E-state index is 12.6. The van der Waals surface area contributed by atoms with Gasteiger partial charge in [0.15, 0.2) is 12.0 Å². The predicted molar refractivity (Wildman–Crippen MR) is 84.9 cm³/mol. The molecule has 0 aliphatic rings. The molecule has 3 nitrogen and oxygen atoms in total. The summed E-state index contributed by atoms with van der Waals surface area (Å²) in [5.41, 5.74) is 1.96. The first-order valence-electron chi connectivity index (χ1n) is 7.17. The van der Waals surface area contributed by atoms with Crippen molar-refractivity contribution >= 4 is 22.5 Å². The molecule has 3 rings (SSSR count). The second-order valence-corrected chi connectivity index (χ2v) is 5.22. The van der Waals surface area contributed by atoms with E-state index in [2.05, 4.69) is 0 Å². The Bertz CT molecular complexity index is 863. The van der Waals surface area contributed by atoms with Gasteiger partial charge in [-0.05, 0) is 19.1 Å². The van der Waals surface area contributed by atoms with Crippen LogP contribution in [0.2, 0.25) is 0 Å². The normalized spacial score (nSPS) is 10.6. The summed E-state index contributed by atoms with van der Waals surface area (Å²) in [4.78, 5) is 24.3. The van der Waals surface area contributed by atoms with Crippen LogP contribution >= 0.6 is 0 Å². The maximum Gasteiger partial charge on any atom is 0.228 e. The fourth-order valence-electron chi connectivity index (χ4n) is 2.63. The second kappa shape index (κ2) is 5.90. The number of hydrogen-bond acceptors (Lipinski definition) is 2. The van der Waals surface area contributed by atoms with Gasteiger partial charge < -0.3 is 0 Å². The number of para-hydroxylation sites is 1. The maximum atomic E-state index is 12.6. The van der Waals surface area contributed by atoms with Crippen molar-refractivity contribution in [2.75, 3.05) is 0 Å². The second-order valence-electron chi connectivity index (χ2n) is 5.22. The zero-order valence-electron chi connectivity index (χ0n) is 12.3. The van der Waals surface area contributed by atoms with Gasteiger partial charge in [-0.25, -0.2) is 0 Å². The van der Waals surface area contributed by atoms with Gasteiger partial charge in [0.05, 0.1) is 0 Å². The number of Topliss-reactive ketones (excluding diaryl/α,β-unsaturated/α-hetero) is 2. The molecule has 1 heterocycles. The smallest absolute Gasteiger partial charge is 0.228 e. The highest BCUT2D eigenvalue weighted by atomic mass is 16.1. The lowest BCUT2D eigenvalue weighted by Gasteiger charge is -2.05. The van der Waals surface area contributed by atoms with Crippen LogP contribution in [-0.2, 0) is 6.54 Å². The van der Waals surface area contributed by atoms with E-state index in [0.29, 0.717) is 11.1 Å². The Morgan fingerprint density at radius 1 is 0.864 bits per heavy atom. The molecule has 0 saturated carbocycles. The van der Waals surface area contributed by atoms with Gasteiger partial charge in [-0.1, -0.05) is 36.4 Å². The average Bonchev–Trinajstić information content (AvgIpc) is 2.55.